The van der Waals surface area contributed by atoms with Crippen molar-refractivity contribution in [1.29, 1.82) is 0 Å². The Kier molecular flexibility index (Phi) is 5.10. The SMILES string of the molecule is COC(=O)C(COc1ccccc1F)NC(C)=O. The lowest BCUT2D eigenvalue weighted by Gasteiger charge is -2.16. The van der Waals surface area contributed by atoms with E-state index in [-0.39, 0.29) is 12.4 Å². The van der Waals surface area contributed by atoms with Gasteiger partial charge in [-0.1, -0.05) is 12.1 Å². The molecule has 1 rings (SSSR count). The standard InChI is InChI=1S/C12H14FNO4/c1-8(15)14-10(12(16)17-2)7-18-11-6-4-3-5-9(11)13/h3-6,10H,7H2,1-2H3,(H,14,15). The molecule has 0 aliphatic heterocycles. The van der Waals surface area contributed by atoms with Crippen LogP contribution in [-0.4, -0.2) is 31.6 Å². The third-order valence-electron chi connectivity index (χ3n) is 2.11. The van der Waals surface area contributed by atoms with Crippen LogP contribution in [0, 0.1) is 5.82 Å². The number of hydrogen-bond acceptors (Lipinski definition) is 4. The van der Waals surface area contributed by atoms with Crippen molar-refractivity contribution in [2.75, 3.05) is 13.7 Å². The van der Waals surface area contributed by atoms with Gasteiger partial charge in [0.15, 0.2) is 17.6 Å². The summed E-state index contributed by atoms with van der Waals surface area (Å²) in [7, 11) is 1.19. The molecule has 0 heterocycles. The number of carbonyl (C=O) groups is 2. The van der Waals surface area contributed by atoms with Crippen molar-refractivity contribution in [3.8, 4) is 5.75 Å². The lowest BCUT2D eigenvalue weighted by atomic mass is 10.3. The van der Waals surface area contributed by atoms with Gasteiger partial charge >= 0.3 is 5.97 Å². The van der Waals surface area contributed by atoms with Crippen LogP contribution in [0.5, 0.6) is 5.75 Å². The van der Waals surface area contributed by atoms with E-state index in [1.807, 2.05) is 0 Å². The van der Waals surface area contributed by atoms with Gasteiger partial charge in [0.1, 0.15) is 6.61 Å². The van der Waals surface area contributed by atoms with Crippen LogP contribution in [0.2, 0.25) is 0 Å². The van der Waals surface area contributed by atoms with Crippen molar-refractivity contribution in [1.82, 2.24) is 5.32 Å². The Morgan fingerprint density at radius 1 is 1.39 bits per heavy atom. The summed E-state index contributed by atoms with van der Waals surface area (Å²) < 4.78 is 22.9. The second-order valence-corrected chi connectivity index (χ2v) is 3.52. The molecule has 0 aliphatic rings. The summed E-state index contributed by atoms with van der Waals surface area (Å²) in [6.45, 7) is 1.06. The predicted octanol–water partition coefficient (Wildman–Crippen LogP) is 0.882. The highest BCUT2D eigenvalue weighted by Gasteiger charge is 2.21. The zero-order chi connectivity index (χ0) is 13.5. The number of esters is 1. The molecule has 0 saturated heterocycles. The zero-order valence-corrected chi connectivity index (χ0v) is 10.1. The number of amides is 1. The highest BCUT2D eigenvalue weighted by molar-refractivity contribution is 5.83. The molecule has 0 fully saturated rings. The van der Waals surface area contributed by atoms with E-state index in [1.165, 1.54) is 32.2 Å². The Labute approximate surface area is 104 Å². The number of halogens is 1. The molecule has 0 saturated carbocycles. The summed E-state index contributed by atoms with van der Waals surface area (Å²) in [4.78, 5) is 22.2. The lowest BCUT2D eigenvalue weighted by Crippen LogP contribution is -2.44. The maximum Gasteiger partial charge on any atom is 0.331 e. The highest BCUT2D eigenvalue weighted by Crippen LogP contribution is 2.15. The molecule has 0 aliphatic carbocycles. The van der Waals surface area contributed by atoms with Crippen LogP contribution in [-0.2, 0) is 14.3 Å². The van der Waals surface area contributed by atoms with Crippen molar-refractivity contribution >= 4 is 11.9 Å². The number of carbonyl (C=O) groups excluding carboxylic acids is 2. The molecule has 1 N–H and O–H groups in total. The summed E-state index contributed by atoms with van der Waals surface area (Å²) in [5, 5.41) is 2.36. The number of ether oxygens (including phenoxy) is 2. The minimum absolute atomic E-state index is 0.0109. The number of hydrogen-bond donors (Lipinski definition) is 1. The monoisotopic (exact) mass is 255 g/mol. The fourth-order valence-corrected chi connectivity index (χ4v) is 1.29. The number of benzene rings is 1. The first-order valence-electron chi connectivity index (χ1n) is 5.27. The second kappa shape index (κ2) is 6.58. The van der Waals surface area contributed by atoms with E-state index in [0.29, 0.717) is 0 Å². The van der Waals surface area contributed by atoms with Gasteiger partial charge in [0.2, 0.25) is 5.91 Å². The number of rotatable bonds is 5. The van der Waals surface area contributed by atoms with Gasteiger partial charge in [-0.05, 0) is 12.1 Å². The first-order chi connectivity index (χ1) is 8.54. The summed E-state index contributed by atoms with van der Waals surface area (Å²) >= 11 is 0. The molecule has 1 aromatic rings. The number of nitrogens with one attached hydrogen (secondary N) is 1. The molecule has 1 unspecified atom stereocenters. The van der Waals surface area contributed by atoms with Gasteiger partial charge in [0.05, 0.1) is 7.11 Å². The smallest absolute Gasteiger partial charge is 0.331 e. The summed E-state index contributed by atoms with van der Waals surface area (Å²) in [6.07, 6.45) is 0. The maximum atomic E-state index is 13.3. The fraction of sp³-hybridized carbons (Fsp3) is 0.333. The molecule has 0 radical (unpaired) electrons. The van der Waals surface area contributed by atoms with Crippen LogP contribution in [0.3, 0.4) is 0 Å². The Bertz CT molecular complexity index is 436. The van der Waals surface area contributed by atoms with Gasteiger partial charge in [-0.2, -0.15) is 0 Å². The van der Waals surface area contributed by atoms with Crippen molar-refractivity contribution in [2.45, 2.75) is 13.0 Å². The Hall–Kier alpha value is -2.11. The van der Waals surface area contributed by atoms with Crippen molar-refractivity contribution < 1.29 is 23.5 Å². The molecule has 1 amide bonds. The Balaban J connectivity index is 2.64. The van der Waals surface area contributed by atoms with Crippen molar-refractivity contribution in [3.63, 3.8) is 0 Å². The number of methoxy groups -OCH3 is 1. The Morgan fingerprint density at radius 3 is 2.61 bits per heavy atom. The van der Waals surface area contributed by atoms with Crippen LogP contribution in [0.4, 0.5) is 4.39 Å². The summed E-state index contributed by atoms with van der Waals surface area (Å²) in [5.41, 5.74) is 0. The van der Waals surface area contributed by atoms with Gasteiger partial charge in [0, 0.05) is 6.92 Å². The average molecular weight is 255 g/mol. The molecule has 0 aromatic heterocycles. The van der Waals surface area contributed by atoms with E-state index >= 15 is 0 Å². The number of para-hydroxylation sites is 1. The molecule has 6 heteroatoms. The van der Waals surface area contributed by atoms with E-state index in [1.54, 1.807) is 6.07 Å². The van der Waals surface area contributed by atoms with E-state index in [2.05, 4.69) is 10.1 Å². The van der Waals surface area contributed by atoms with Crippen LogP contribution < -0.4 is 10.1 Å². The summed E-state index contributed by atoms with van der Waals surface area (Å²) in [5.74, 6) is -1.58. The first kappa shape index (κ1) is 14.0. The molecule has 1 aromatic carbocycles. The molecule has 18 heavy (non-hydrogen) atoms. The summed E-state index contributed by atoms with van der Waals surface area (Å²) in [6, 6.07) is 4.82. The largest absolute Gasteiger partial charge is 0.488 e. The lowest BCUT2D eigenvalue weighted by molar-refractivity contribution is -0.145. The minimum atomic E-state index is -0.966. The van der Waals surface area contributed by atoms with Crippen LogP contribution in [0.1, 0.15) is 6.92 Å². The minimum Gasteiger partial charge on any atom is -0.488 e. The van der Waals surface area contributed by atoms with Crippen LogP contribution in [0.15, 0.2) is 24.3 Å². The van der Waals surface area contributed by atoms with Crippen molar-refractivity contribution in [2.24, 2.45) is 0 Å². The van der Waals surface area contributed by atoms with Gasteiger partial charge in [0.25, 0.3) is 0 Å². The predicted molar refractivity (Wildman–Crippen MR) is 61.5 cm³/mol. The molecule has 98 valence electrons. The maximum absolute atomic E-state index is 13.3. The first-order valence-corrected chi connectivity index (χ1v) is 5.27. The fourth-order valence-electron chi connectivity index (χ4n) is 1.29. The van der Waals surface area contributed by atoms with E-state index in [4.69, 9.17) is 4.74 Å². The third-order valence-corrected chi connectivity index (χ3v) is 2.11. The molecular formula is C12H14FNO4. The third kappa shape index (κ3) is 4.04. The molecule has 0 bridgehead atoms. The topological polar surface area (TPSA) is 64.6 Å². The van der Waals surface area contributed by atoms with Gasteiger partial charge in [-0.15, -0.1) is 0 Å². The van der Waals surface area contributed by atoms with E-state index < -0.39 is 23.7 Å². The van der Waals surface area contributed by atoms with E-state index in [9.17, 15) is 14.0 Å². The highest BCUT2D eigenvalue weighted by atomic mass is 19.1. The van der Waals surface area contributed by atoms with Gasteiger partial charge in [-0.25, -0.2) is 9.18 Å². The second-order valence-electron chi connectivity index (χ2n) is 3.52. The van der Waals surface area contributed by atoms with E-state index in [0.717, 1.165) is 0 Å². The normalized spacial score (nSPS) is 11.5. The van der Waals surface area contributed by atoms with Crippen molar-refractivity contribution in [3.05, 3.63) is 30.1 Å². The molecule has 0 spiro atoms. The zero-order valence-electron chi connectivity index (χ0n) is 10.1. The van der Waals surface area contributed by atoms with Crippen LogP contribution >= 0.6 is 0 Å². The Morgan fingerprint density at radius 2 is 2.06 bits per heavy atom. The molecule has 1 atom stereocenters. The molecule has 5 nitrogen and oxygen atoms in total. The quantitative estimate of drug-likeness (QED) is 0.793. The van der Waals surface area contributed by atoms with Gasteiger partial charge in [-0.3, -0.25) is 4.79 Å². The molecular weight excluding hydrogens is 241 g/mol. The van der Waals surface area contributed by atoms with Gasteiger partial charge < -0.3 is 14.8 Å². The van der Waals surface area contributed by atoms with Crippen LogP contribution in [0.25, 0.3) is 0 Å². The average Bonchev–Trinajstić information content (AvgIpc) is 2.34.